The Morgan fingerprint density at radius 3 is 2.17 bits per heavy atom. The van der Waals surface area contributed by atoms with Gasteiger partial charge in [-0.05, 0) is 110 Å². The summed E-state index contributed by atoms with van der Waals surface area (Å²) >= 11 is 0. The lowest BCUT2D eigenvalue weighted by Gasteiger charge is -2.48. The molecule has 4 aliphatic rings. The average Bonchev–Trinajstić information content (AvgIpc) is 3.74. The van der Waals surface area contributed by atoms with E-state index in [1.54, 1.807) is 0 Å². The summed E-state index contributed by atoms with van der Waals surface area (Å²) < 4.78 is 13.6. The van der Waals surface area contributed by atoms with Crippen molar-refractivity contribution in [3.8, 4) is 44.9 Å². The fourth-order valence-corrected chi connectivity index (χ4v) is 11.0. The summed E-state index contributed by atoms with van der Waals surface area (Å²) in [7, 11) is 0. The molecule has 3 aliphatic heterocycles. The molecular formula is C55H41BN2O2. The number of ether oxygens (including phenoxy) is 1. The first-order valence-electron chi connectivity index (χ1n) is 21.1. The van der Waals surface area contributed by atoms with Crippen molar-refractivity contribution in [3.63, 3.8) is 0 Å². The average molecular weight is 773 g/mol. The van der Waals surface area contributed by atoms with E-state index in [9.17, 15) is 0 Å². The number of para-hydroxylation sites is 4. The molecule has 0 amide bonds. The Bertz CT molecular complexity index is 3340. The SMILES string of the molecule is CC(C)(C)c1ccc(N2c3cc4c(cc3B3c5c2cc2c(c5-c5cccc6c5N3c3ccccc3O6)C(C)(C)c3ccccc3-2)oc2ccccc24)c(-c2ccccc2)c1. The van der Waals surface area contributed by atoms with Crippen LogP contribution >= 0.6 is 0 Å². The lowest BCUT2D eigenvalue weighted by Crippen LogP contribution is -2.62. The van der Waals surface area contributed by atoms with Gasteiger partial charge in [0.2, 0.25) is 0 Å². The fourth-order valence-electron chi connectivity index (χ4n) is 11.0. The van der Waals surface area contributed by atoms with E-state index < -0.39 is 0 Å². The molecule has 0 unspecified atom stereocenters. The number of rotatable bonds is 2. The van der Waals surface area contributed by atoms with Crippen molar-refractivity contribution in [2.24, 2.45) is 0 Å². The highest BCUT2D eigenvalue weighted by Gasteiger charge is 2.52. The summed E-state index contributed by atoms with van der Waals surface area (Å²) in [6.07, 6.45) is 0. The van der Waals surface area contributed by atoms with Crippen molar-refractivity contribution >= 4 is 68.1 Å². The molecule has 0 spiro atoms. The highest BCUT2D eigenvalue weighted by atomic mass is 16.5. The van der Waals surface area contributed by atoms with E-state index in [0.29, 0.717) is 0 Å². The molecule has 0 saturated heterocycles. The predicted octanol–water partition coefficient (Wildman–Crippen LogP) is 13.7. The number of hydrogen-bond acceptors (Lipinski definition) is 4. The second-order valence-corrected chi connectivity index (χ2v) is 18.5. The molecule has 4 nitrogen and oxygen atoms in total. The van der Waals surface area contributed by atoms with E-state index in [1.165, 1.54) is 66.7 Å². The first-order chi connectivity index (χ1) is 29.2. The Balaban J connectivity index is 1.23. The third-order valence-electron chi connectivity index (χ3n) is 13.7. The van der Waals surface area contributed by atoms with Gasteiger partial charge in [0, 0.05) is 38.7 Å². The molecule has 0 radical (unpaired) electrons. The summed E-state index contributed by atoms with van der Waals surface area (Å²) in [5, 5.41) is 2.23. The van der Waals surface area contributed by atoms with Gasteiger partial charge in [-0.1, -0.05) is 138 Å². The Morgan fingerprint density at radius 2 is 1.30 bits per heavy atom. The molecule has 9 aromatic rings. The minimum atomic E-state index is -0.253. The molecule has 0 fully saturated rings. The van der Waals surface area contributed by atoms with Gasteiger partial charge in [-0.2, -0.15) is 0 Å². The molecule has 8 aromatic carbocycles. The molecule has 0 saturated carbocycles. The van der Waals surface area contributed by atoms with Crippen LogP contribution in [-0.2, 0) is 10.8 Å². The highest BCUT2D eigenvalue weighted by Crippen LogP contribution is 2.61. The summed E-state index contributed by atoms with van der Waals surface area (Å²) in [6.45, 7) is 11.6. The maximum atomic E-state index is 6.83. The zero-order valence-electron chi connectivity index (χ0n) is 34.3. The van der Waals surface area contributed by atoms with Gasteiger partial charge in [0.1, 0.15) is 16.9 Å². The number of anilines is 5. The van der Waals surface area contributed by atoms with Gasteiger partial charge in [0.15, 0.2) is 5.75 Å². The van der Waals surface area contributed by atoms with Crippen molar-refractivity contribution in [3.05, 3.63) is 174 Å². The molecular weight excluding hydrogens is 731 g/mol. The molecule has 1 aliphatic carbocycles. The van der Waals surface area contributed by atoms with Crippen molar-refractivity contribution in [1.82, 2.24) is 0 Å². The smallest absolute Gasteiger partial charge is 0.333 e. The maximum absolute atomic E-state index is 6.83. The molecule has 4 heterocycles. The van der Waals surface area contributed by atoms with Crippen LogP contribution in [0.5, 0.6) is 11.5 Å². The lowest BCUT2D eigenvalue weighted by atomic mass is 9.42. The number of furan rings is 1. The fraction of sp³-hybridized carbons (Fsp3) is 0.127. The minimum Gasteiger partial charge on any atom is -0.456 e. The summed E-state index contributed by atoms with van der Waals surface area (Å²) in [5.74, 6) is 1.74. The monoisotopic (exact) mass is 772 g/mol. The van der Waals surface area contributed by atoms with Crippen molar-refractivity contribution < 1.29 is 9.15 Å². The van der Waals surface area contributed by atoms with E-state index in [-0.39, 0.29) is 17.7 Å². The van der Waals surface area contributed by atoms with E-state index in [4.69, 9.17) is 9.15 Å². The van der Waals surface area contributed by atoms with E-state index in [1.807, 2.05) is 0 Å². The van der Waals surface area contributed by atoms with Crippen LogP contribution in [0.25, 0.3) is 55.3 Å². The van der Waals surface area contributed by atoms with Crippen LogP contribution in [0.1, 0.15) is 51.3 Å². The molecule has 13 rings (SSSR count). The third kappa shape index (κ3) is 4.37. The Morgan fingerprint density at radius 1 is 0.550 bits per heavy atom. The van der Waals surface area contributed by atoms with Gasteiger partial charge in [-0.15, -0.1) is 0 Å². The molecule has 0 atom stereocenters. The van der Waals surface area contributed by atoms with E-state index in [0.717, 1.165) is 56.2 Å². The molecule has 60 heavy (non-hydrogen) atoms. The first-order valence-corrected chi connectivity index (χ1v) is 21.1. The van der Waals surface area contributed by atoms with Crippen LogP contribution in [0, 0.1) is 0 Å². The minimum absolute atomic E-state index is 0.0397. The van der Waals surface area contributed by atoms with Crippen molar-refractivity contribution in [2.45, 2.75) is 45.4 Å². The Hall–Kier alpha value is -6.98. The lowest BCUT2D eigenvalue weighted by molar-refractivity contribution is 0.478. The number of fused-ring (bicyclic) bond motifs is 13. The van der Waals surface area contributed by atoms with Crippen LogP contribution in [0.2, 0.25) is 0 Å². The number of hydrogen-bond donors (Lipinski definition) is 0. The third-order valence-corrected chi connectivity index (χ3v) is 13.7. The zero-order valence-corrected chi connectivity index (χ0v) is 34.3. The molecule has 5 heteroatoms. The number of benzene rings is 8. The summed E-state index contributed by atoms with van der Waals surface area (Å²) in [5.41, 5.74) is 21.2. The van der Waals surface area contributed by atoms with Gasteiger partial charge < -0.3 is 18.9 Å². The predicted molar refractivity (Wildman–Crippen MR) is 249 cm³/mol. The quantitative estimate of drug-likeness (QED) is 0.164. The van der Waals surface area contributed by atoms with Gasteiger partial charge in [0.25, 0.3) is 0 Å². The normalized spacial score (nSPS) is 14.9. The summed E-state index contributed by atoms with van der Waals surface area (Å²) in [4.78, 5) is 5.17. The topological polar surface area (TPSA) is 28.9 Å². The maximum Gasteiger partial charge on any atom is 0.333 e. The molecule has 0 N–H and O–H groups in total. The van der Waals surface area contributed by atoms with Crippen LogP contribution in [-0.4, -0.2) is 6.85 Å². The molecule has 1 aromatic heterocycles. The molecule has 0 bridgehead atoms. The standard InChI is InChI=1S/C55H41BN2O2/c1-54(2,3)33-26-27-42(37(28-33)32-16-7-6-8-17-32)57-44-29-38-35-19-10-13-23-46(35)59-49(38)31-41(44)56-52-45(57)30-39-34-18-9-11-21-40(34)55(4,5)51(39)50(52)36-20-15-25-48-53(36)58(56)43-22-12-14-24-47(43)60-48/h6-31H,1-5H3. The van der Waals surface area contributed by atoms with Gasteiger partial charge in [-0.25, -0.2) is 0 Å². The van der Waals surface area contributed by atoms with Crippen LogP contribution in [0.15, 0.2) is 162 Å². The van der Waals surface area contributed by atoms with Crippen LogP contribution < -0.4 is 25.4 Å². The van der Waals surface area contributed by atoms with Gasteiger partial charge >= 0.3 is 6.85 Å². The van der Waals surface area contributed by atoms with Gasteiger partial charge in [-0.3, -0.25) is 0 Å². The highest BCUT2D eigenvalue weighted by molar-refractivity contribution is 6.94. The second-order valence-electron chi connectivity index (χ2n) is 18.5. The largest absolute Gasteiger partial charge is 0.456 e. The Labute approximate surface area is 350 Å². The van der Waals surface area contributed by atoms with Crippen molar-refractivity contribution in [2.75, 3.05) is 9.71 Å². The second kappa shape index (κ2) is 11.6. The van der Waals surface area contributed by atoms with E-state index in [2.05, 4.69) is 202 Å². The van der Waals surface area contributed by atoms with Crippen molar-refractivity contribution in [1.29, 1.82) is 0 Å². The van der Waals surface area contributed by atoms with E-state index >= 15 is 0 Å². The van der Waals surface area contributed by atoms with Crippen LogP contribution in [0.4, 0.5) is 28.4 Å². The Kier molecular flexibility index (Phi) is 6.57. The molecule has 286 valence electrons. The summed E-state index contributed by atoms with van der Waals surface area (Å²) in [6, 6.07) is 58.0. The zero-order chi connectivity index (χ0) is 40.2. The van der Waals surface area contributed by atoms with Gasteiger partial charge in [0.05, 0.1) is 17.1 Å². The van der Waals surface area contributed by atoms with Crippen LogP contribution in [0.3, 0.4) is 0 Å². The number of nitrogens with zero attached hydrogens (tertiary/aromatic N) is 2. The first kappa shape index (κ1) is 33.9.